The van der Waals surface area contributed by atoms with Crippen molar-refractivity contribution in [2.24, 2.45) is 0 Å². The van der Waals surface area contributed by atoms with Crippen LogP contribution in [-0.2, 0) is 88.2 Å². The van der Waals surface area contributed by atoms with Crippen molar-refractivity contribution in [3.05, 3.63) is 151 Å². The number of esters is 1. The number of carbonyl (C=O) groups is 8. The summed E-state index contributed by atoms with van der Waals surface area (Å²) in [6.45, 7) is 1.23. The molecule has 0 bridgehead atoms. The number of hydrogen-bond donors (Lipinski definition) is 12. The van der Waals surface area contributed by atoms with Crippen LogP contribution >= 0.6 is 0 Å². The smallest absolute Gasteiger partial charge is 0.335 e. The molecular formula is C49H56N18O10. The Morgan fingerprint density at radius 3 is 1.26 bits per heavy atom. The van der Waals surface area contributed by atoms with E-state index in [4.69, 9.17) is 4.74 Å². The molecule has 77 heavy (non-hydrogen) atoms. The number of nitrogens with zero attached hydrogens (tertiary/aromatic N) is 7. The lowest BCUT2D eigenvalue weighted by Crippen LogP contribution is -2.61. The van der Waals surface area contributed by atoms with Gasteiger partial charge in [-0.1, -0.05) is 30.3 Å². The normalized spacial score (nSPS) is 13.7. The van der Waals surface area contributed by atoms with Crippen LogP contribution in [-0.4, -0.2) is 155 Å². The number of carbonyl (C=O) groups excluding carboxylic acids is 7. The van der Waals surface area contributed by atoms with Crippen molar-refractivity contribution in [3.8, 4) is 0 Å². The van der Waals surface area contributed by atoms with Gasteiger partial charge in [0.1, 0.15) is 36.3 Å². The first kappa shape index (κ1) is 54.7. The average Bonchev–Trinajstić information content (AvgIpc) is 4.28. The molecule has 7 aromatic rings. The Balaban J connectivity index is 1.15. The molecule has 6 amide bonds. The van der Waals surface area contributed by atoms with E-state index in [-0.39, 0.29) is 56.3 Å². The minimum Gasteiger partial charge on any atom is -0.480 e. The molecule has 0 saturated carbocycles. The molecule has 1 aromatic carbocycles. The Kier molecular flexibility index (Phi) is 19.0. The van der Waals surface area contributed by atoms with Crippen molar-refractivity contribution in [1.82, 2.24) is 91.3 Å². The molecule has 12 N–H and O–H groups in total. The number of carboxylic acid groups (broad SMARTS) is 1. The van der Waals surface area contributed by atoms with E-state index >= 15 is 0 Å². The van der Waals surface area contributed by atoms with Crippen LogP contribution in [0.4, 0.5) is 0 Å². The van der Waals surface area contributed by atoms with E-state index < -0.39 is 83.6 Å². The quantitative estimate of drug-likeness (QED) is 0.0197. The van der Waals surface area contributed by atoms with Crippen LogP contribution < -0.4 is 31.9 Å². The zero-order valence-corrected chi connectivity index (χ0v) is 41.6. The summed E-state index contributed by atoms with van der Waals surface area (Å²) < 4.78 is 6.60. The molecule has 0 saturated heterocycles. The maximum Gasteiger partial charge on any atom is 0.335 e. The lowest BCUT2D eigenvalue weighted by molar-refractivity contribution is -0.142. The largest absolute Gasteiger partial charge is 0.480 e. The highest BCUT2D eigenvalue weighted by molar-refractivity contribution is 5.97. The minimum absolute atomic E-state index is 0.00252. The molecule has 0 aliphatic carbocycles. The van der Waals surface area contributed by atoms with Crippen molar-refractivity contribution in [3.63, 3.8) is 0 Å². The van der Waals surface area contributed by atoms with Gasteiger partial charge in [0.2, 0.25) is 35.4 Å². The zero-order valence-electron chi connectivity index (χ0n) is 41.6. The van der Waals surface area contributed by atoms with Crippen molar-refractivity contribution >= 4 is 53.5 Å². The number of methoxy groups -OCH3 is 1. The van der Waals surface area contributed by atoms with E-state index in [2.05, 4.69) is 86.7 Å². The van der Waals surface area contributed by atoms with Crippen molar-refractivity contribution in [2.75, 3.05) is 7.11 Å². The van der Waals surface area contributed by atoms with Crippen molar-refractivity contribution in [2.45, 2.75) is 88.2 Å². The van der Waals surface area contributed by atoms with E-state index in [1.807, 2.05) is 30.3 Å². The highest BCUT2D eigenvalue weighted by Crippen LogP contribution is 2.14. The fourth-order valence-electron chi connectivity index (χ4n) is 7.99. The fraction of sp³-hybridized carbons (Fsp3) is 0.306. The molecule has 402 valence electrons. The number of rotatable bonds is 28. The van der Waals surface area contributed by atoms with Crippen molar-refractivity contribution < 1.29 is 48.2 Å². The Labute approximate surface area is 437 Å². The molecular weight excluding hydrogens is 1000 g/mol. The molecule has 28 heteroatoms. The second-order valence-electron chi connectivity index (χ2n) is 17.6. The van der Waals surface area contributed by atoms with Crippen LogP contribution in [0.3, 0.4) is 0 Å². The Bertz CT molecular complexity index is 3070. The molecule has 28 nitrogen and oxygen atoms in total. The van der Waals surface area contributed by atoms with Gasteiger partial charge >= 0.3 is 11.9 Å². The predicted molar refractivity (Wildman–Crippen MR) is 269 cm³/mol. The molecule has 6 atom stereocenters. The van der Waals surface area contributed by atoms with E-state index in [0.29, 0.717) is 28.5 Å². The summed E-state index contributed by atoms with van der Waals surface area (Å²) in [5.74, 6) is -6.78. The highest BCUT2D eigenvalue weighted by Gasteiger charge is 2.35. The molecule has 0 aliphatic heterocycles. The van der Waals surface area contributed by atoms with Crippen LogP contribution in [0, 0.1) is 0 Å². The topological polar surface area (TPSA) is 399 Å². The Hall–Kier alpha value is -10.0. The number of aromatic nitrogens is 12. The zero-order chi connectivity index (χ0) is 54.7. The molecule has 0 spiro atoms. The second-order valence-corrected chi connectivity index (χ2v) is 17.6. The van der Waals surface area contributed by atoms with Gasteiger partial charge in [-0.05, 0) is 11.6 Å². The summed E-state index contributed by atoms with van der Waals surface area (Å²) in [6.07, 6.45) is 17.5. The summed E-state index contributed by atoms with van der Waals surface area (Å²) in [7, 11) is 1.25. The number of hydrogen-bond acceptors (Lipinski definition) is 15. The minimum atomic E-state index is -1.53. The highest BCUT2D eigenvalue weighted by atomic mass is 16.5. The monoisotopic (exact) mass is 1060 g/mol. The molecule has 0 radical (unpaired) electrons. The van der Waals surface area contributed by atoms with Gasteiger partial charge in [-0.3, -0.25) is 28.8 Å². The Morgan fingerprint density at radius 1 is 0.545 bits per heavy atom. The summed E-state index contributed by atoms with van der Waals surface area (Å²) in [5, 5.41) is 26.1. The van der Waals surface area contributed by atoms with E-state index in [0.717, 1.165) is 5.56 Å². The summed E-state index contributed by atoms with van der Waals surface area (Å²) in [6, 6.07) is 0.584. The second kappa shape index (κ2) is 26.8. The third-order valence-electron chi connectivity index (χ3n) is 11.8. The summed E-state index contributed by atoms with van der Waals surface area (Å²) in [5.41, 5.74) is 3.37. The maximum atomic E-state index is 14.7. The molecule has 6 heterocycles. The first-order valence-electron chi connectivity index (χ1n) is 23.9. The number of H-pyrrole nitrogens is 5. The molecule has 6 aromatic heterocycles. The molecule has 0 fully saturated rings. The number of ether oxygens (including phenoxy) is 1. The molecule has 0 aliphatic rings. The number of nitrogens with one attached hydrogen (secondary N) is 11. The third kappa shape index (κ3) is 16.5. The van der Waals surface area contributed by atoms with Crippen LogP contribution in [0.2, 0.25) is 0 Å². The van der Waals surface area contributed by atoms with Gasteiger partial charge in [0.25, 0.3) is 0 Å². The lowest BCUT2D eigenvalue weighted by Gasteiger charge is -2.27. The first-order valence-corrected chi connectivity index (χ1v) is 23.9. The Morgan fingerprint density at radius 2 is 0.909 bits per heavy atom. The van der Waals surface area contributed by atoms with Crippen LogP contribution in [0.15, 0.2) is 111 Å². The van der Waals surface area contributed by atoms with Gasteiger partial charge in [-0.2, -0.15) is 0 Å². The summed E-state index contributed by atoms with van der Waals surface area (Å²) in [4.78, 5) is 148. The van der Waals surface area contributed by atoms with Crippen molar-refractivity contribution in [1.29, 1.82) is 0 Å². The number of amides is 6. The molecule has 7 rings (SSSR count). The number of benzene rings is 1. The van der Waals surface area contributed by atoms with Crippen LogP contribution in [0.1, 0.15) is 46.7 Å². The maximum absolute atomic E-state index is 14.7. The van der Waals surface area contributed by atoms with E-state index in [1.54, 1.807) is 16.8 Å². The standard InChI is InChI=1S/C49H56N18O10/c1-28(68)61-37(9-31-15-50-22-55-31)43(69)62-38(10-32-16-51-23-56-32)44(70)63-39(11-33-17-52-24-57-33)45(71)64-40(12-34-18-53-25-58-34)46(72)65-41(47(73)66-42(48(74)75)13-35-19-54-26-59-35)14-36-21-67(27-60-36)20-30(49(76)77-2)8-29-6-4-3-5-7-29/h3-8,15-19,21-27,37-42H,9-14,20H2,1-2H3,(H,50,55)(H,51,56)(H,52,57)(H,53,58)(H,54,59)(H,61,68)(H,62,69)(H,63,70)(H,64,71)(H,65,72)(H,66,73)(H,74,75)/b30-8+/t37-,38-,39-,40-,41-,42-/m0/s1. The SMILES string of the molecule is COC(=O)/C(=C/c1ccccc1)Cn1cnc(C[C@H](NC(=O)[C@H](Cc2cnc[nH]2)NC(=O)[C@H](Cc2cnc[nH]2)NC(=O)[C@H](Cc2cnc[nH]2)NC(=O)[C@H](Cc2cnc[nH]2)NC(C)=O)C(=O)N[C@@H](Cc2cnc[nH]2)C(=O)O)c1. The van der Waals surface area contributed by atoms with Crippen LogP contribution in [0.25, 0.3) is 6.08 Å². The summed E-state index contributed by atoms with van der Waals surface area (Å²) >= 11 is 0. The van der Waals surface area contributed by atoms with Gasteiger partial charge in [-0.25, -0.2) is 39.5 Å². The number of aliphatic carboxylic acids is 1. The predicted octanol–water partition coefficient (Wildman–Crippen LogP) is -1.48. The molecule has 0 unspecified atom stereocenters. The van der Waals surface area contributed by atoms with Gasteiger partial charge in [0.05, 0.1) is 62.9 Å². The number of aromatic amines is 5. The number of carboxylic acids is 1. The fourth-order valence-corrected chi connectivity index (χ4v) is 7.99. The van der Waals surface area contributed by atoms with Gasteiger partial charge in [0, 0.05) is 111 Å². The van der Waals surface area contributed by atoms with E-state index in [1.165, 1.54) is 83.0 Å². The van der Waals surface area contributed by atoms with Gasteiger partial charge in [-0.15, -0.1) is 0 Å². The lowest BCUT2D eigenvalue weighted by atomic mass is 10.0. The third-order valence-corrected chi connectivity index (χ3v) is 11.8. The first-order chi connectivity index (χ1) is 37.2. The van der Waals surface area contributed by atoms with E-state index in [9.17, 15) is 43.5 Å². The number of imidazole rings is 6. The van der Waals surface area contributed by atoms with Gasteiger partial charge in [0.15, 0.2) is 0 Å². The van der Waals surface area contributed by atoms with Gasteiger partial charge < -0.3 is 71.2 Å². The average molecular weight is 1060 g/mol. The van der Waals surface area contributed by atoms with Crippen LogP contribution in [0.5, 0.6) is 0 Å².